The van der Waals surface area contributed by atoms with Crippen LogP contribution in [0.3, 0.4) is 0 Å². The summed E-state index contributed by atoms with van der Waals surface area (Å²) in [6, 6.07) is 4.87. The molecular weight excluding hydrogens is 250 g/mol. The van der Waals surface area contributed by atoms with Gasteiger partial charge in [0.2, 0.25) is 0 Å². The van der Waals surface area contributed by atoms with Gasteiger partial charge in [-0.15, -0.1) is 0 Å². The smallest absolute Gasteiger partial charge is 0.125 e. The molecule has 1 atom stereocenters. The molecule has 1 aromatic rings. The van der Waals surface area contributed by atoms with E-state index >= 15 is 0 Å². The van der Waals surface area contributed by atoms with Crippen LogP contribution in [0.15, 0.2) is 18.3 Å². The standard InChI is InChI=1S/C16H27N3O/c1-4-17-16-8-5-14(11-18-16)12-19(9-10-20-3)13(2)15-6-7-15/h5,8,11,13,15H,4,6-7,9-10,12H2,1-3H3,(H,17,18). The summed E-state index contributed by atoms with van der Waals surface area (Å²) in [6.45, 7) is 8.07. The third-order valence-corrected chi connectivity index (χ3v) is 4.03. The van der Waals surface area contributed by atoms with Crippen molar-refractivity contribution in [1.82, 2.24) is 9.88 Å². The van der Waals surface area contributed by atoms with Crippen LogP contribution in [-0.2, 0) is 11.3 Å². The molecule has 1 unspecified atom stereocenters. The van der Waals surface area contributed by atoms with Crippen molar-refractivity contribution >= 4 is 5.82 Å². The number of aromatic nitrogens is 1. The van der Waals surface area contributed by atoms with Crippen LogP contribution in [-0.4, -0.2) is 42.7 Å². The first-order chi connectivity index (χ1) is 9.74. The van der Waals surface area contributed by atoms with Gasteiger partial charge in [-0.25, -0.2) is 4.98 Å². The summed E-state index contributed by atoms with van der Waals surface area (Å²) >= 11 is 0. The molecule has 1 saturated carbocycles. The third kappa shape index (κ3) is 4.46. The molecule has 1 aromatic heterocycles. The number of methoxy groups -OCH3 is 1. The van der Waals surface area contributed by atoms with Crippen LogP contribution in [0.2, 0.25) is 0 Å². The second-order valence-corrected chi connectivity index (χ2v) is 5.62. The molecule has 112 valence electrons. The second-order valence-electron chi connectivity index (χ2n) is 5.62. The van der Waals surface area contributed by atoms with E-state index in [1.165, 1.54) is 18.4 Å². The van der Waals surface area contributed by atoms with Crippen LogP contribution in [0.5, 0.6) is 0 Å². The van der Waals surface area contributed by atoms with Gasteiger partial charge in [0.05, 0.1) is 6.61 Å². The monoisotopic (exact) mass is 277 g/mol. The molecule has 0 spiro atoms. The van der Waals surface area contributed by atoms with E-state index in [2.05, 4.69) is 41.2 Å². The maximum Gasteiger partial charge on any atom is 0.125 e. The van der Waals surface area contributed by atoms with Gasteiger partial charge in [0.1, 0.15) is 5.82 Å². The fraction of sp³-hybridized carbons (Fsp3) is 0.688. The molecule has 2 rings (SSSR count). The van der Waals surface area contributed by atoms with Crippen LogP contribution in [0.1, 0.15) is 32.3 Å². The molecule has 0 bridgehead atoms. The first kappa shape index (κ1) is 15.3. The van der Waals surface area contributed by atoms with Gasteiger partial charge in [0, 0.05) is 39.0 Å². The molecule has 1 aliphatic carbocycles. The minimum absolute atomic E-state index is 0.638. The molecule has 1 N–H and O–H groups in total. The molecular formula is C16H27N3O. The average molecular weight is 277 g/mol. The lowest BCUT2D eigenvalue weighted by molar-refractivity contribution is 0.111. The van der Waals surface area contributed by atoms with E-state index in [0.29, 0.717) is 6.04 Å². The van der Waals surface area contributed by atoms with E-state index in [4.69, 9.17) is 4.74 Å². The van der Waals surface area contributed by atoms with Gasteiger partial charge >= 0.3 is 0 Å². The normalized spacial score (nSPS) is 16.4. The van der Waals surface area contributed by atoms with Crippen LogP contribution in [0.4, 0.5) is 5.82 Å². The second kappa shape index (κ2) is 7.60. The molecule has 0 aliphatic heterocycles. The van der Waals surface area contributed by atoms with Gasteiger partial charge < -0.3 is 10.1 Å². The zero-order valence-corrected chi connectivity index (χ0v) is 12.9. The molecule has 1 aliphatic rings. The largest absolute Gasteiger partial charge is 0.383 e. The van der Waals surface area contributed by atoms with Gasteiger partial charge in [0.25, 0.3) is 0 Å². The highest BCUT2D eigenvalue weighted by Crippen LogP contribution is 2.35. The van der Waals surface area contributed by atoms with Crippen molar-refractivity contribution in [1.29, 1.82) is 0 Å². The van der Waals surface area contributed by atoms with Crippen molar-refractivity contribution in [3.63, 3.8) is 0 Å². The molecule has 0 aromatic carbocycles. The number of ether oxygens (including phenoxy) is 1. The highest BCUT2D eigenvalue weighted by molar-refractivity contribution is 5.35. The van der Waals surface area contributed by atoms with E-state index in [1.807, 2.05) is 6.20 Å². The minimum Gasteiger partial charge on any atom is -0.383 e. The Kier molecular flexibility index (Phi) is 5.80. The third-order valence-electron chi connectivity index (χ3n) is 4.03. The number of hydrogen-bond donors (Lipinski definition) is 1. The lowest BCUT2D eigenvalue weighted by Gasteiger charge is -2.29. The van der Waals surface area contributed by atoms with Gasteiger partial charge in [-0.1, -0.05) is 6.07 Å². The van der Waals surface area contributed by atoms with Crippen molar-refractivity contribution in [2.45, 2.75) is 39.3 Å². The summed E-state index contributed by atoms with van der Waals surface area (Å²) in [5.41, 5.74) is 1.27. The van der Waals surface area contributed by atoms with E-state index in [9.17, 15) is 0 Å². The summed E-state index contributed by atoms with van der Waals surface area (Å²) in [5.74, 6) is 1.83. The highest BCUT2D eigenvalue weighted by atomic mass is 16.5. The molecule has 1 heterocycles. The van der Waals surface area contributed by atoms with Crippen molar-refractivity contribution in [2.75, 3.05) is 32.1 Å². The number of rotatable bonds is 9. The number of anilines is 1. The summed E-state index contributed by atoms with van der Waals surface area (Å²) < 4.78 is 5.24. The summed E-state index contributed by atoms with van der Waals surface area (Å²) in [4.78, 5) is 6.97. The molecule has 1 fully saturated rings. The minimum atomic E-state index is 0.638. The maximum absolute atomic E-state index is 5.24. The molecule has 0 amide bonds. The average Bonchev–Trinajstić information content (AvgIpc) is 3.29. The SMILES string of the molecule is CCNc1ccc(CN(CCOC)C(C)C2CC2)cn1. The Bertz CT molecular complexity index is 389. The number of pyridine rings is 1. The Hall–Kier alpha value is -1.13. The lowest BCUT2D eigenvalue weighted by atomic mass is 10.1. The van der Waals surface area contributed by atoms with E-state index in [-0.39, 0.29) is 0 Å². The van der Waals surface area contributed by atoms with Crippen molar-refractivity contribution in [2.24, 2.45) is 5.92 Å². The van der Waals surface area contributed by atoms with Crippen molar-refractivity contribution in [3.8, 4) is 0 Å². The lowest BCUT2D eigenvalue weighted by Crippen LogP contribution is -2.36. The molecule has 4 nitrogen and oxygen atoms in total. The molecule has 0 radical (unpaired) electrons. The van der Waals surface area contributed by atoms with Gasteiger partial charge in [-0.2, -0.15) is 0 Å². The van der Waals surface area contributed by atoms with E-state index in [0.717, 1.165) is 38.0 Å². The van der Waals surface area contributed by atoms with Crippen LogP contribution in [0, 0.1) is 5.92 Å². The van der Waals surface area contributed by atoms with Gasteiger partial charge in [-0.05, 0) is 44.2 Å². The predicted molar refractivity (Wildman–Crippen MR) is 82.9 cm³/mol. The Morgan fingerprint density at radius 2 is 2.25 bits per heavy atom. The molecule has 4 heteroatoms. The van der Waals surface area contributed by atoms with Gasteiger partial charge in [0.15, 0.2) is 0 Å². The molecule has 20 heavy (non-hydrogen) atoms. The fourth-order valence-corrected chi connectivity index (χ4v) is 2.55. The topological polar surface area (TPSA) is 37.4 Å². The highest BCUT2D eigenvalue weighted by Gasteiger charge is 2.31. The number of nitrogens with zero attached hydrogens (tertiary/aromatic N) is 2. The van der Waals surface area contributed by atoms with E-state index < -0.39 is 0 Å². The zero-order chi connectivity index (χ0) is 14.4. The summed E-state index contributed by atoms with van der Waals surface area (Å²) in [5, 5.41) is 3.23. The quantitative estimate of drug-likeness (QED) is 0.753. The summed E-state index contributed by atoms with van der Waals surface area (Å²) in [7, 11) is 1.77. The summed E-state index contributed by atoms with van der Waals surface area (Å²) in [6.07, 6.45) is 4.74. The number of nitrogens with one attached hydrogen (secondary N) is 1. The maximum atomic E-state index is 5.24. The van der Waals surface area contributed by atoms with Gasteiger partial charge in [-0.3, -0.25) is 4.90 Å². The van der Waals surface area contributed by atoms with E-state index in [1.54, 1.807) is 7.11 Å². The Labute approximate surface area is 122 Å². The van der Waals surface area contributed by atoms with Crippen molar-refractivity contribution < 1.29 is 4.74 Å². The first-order valence-electron chi connectivity index (χ1n) is 7.66. The Morgan fingerprint density at radius 3 is 2.80 bits per heavy atom. The predicted octanol–water partition coefficient (Wildman–Crippen LogP) is 2.76. The Balaban J connectivity index is 1.94. The molecule has 0 saturated heterocycles. The van der Waals surface area contributed by atoms with Crippen molar-refractivity contribution in [3.05, 3.63) is 23.9 Å². The number of hydrogen-bond acceptors (Lipinski definition) is 4. The van der Waals surface area contributed by atoms with Crippen LogP contribution >= 0.6 is 0 Å². The fourth-order valence-electron chi connectivity index (χ4n) is 2.55. The van der Waals surface area contributed by atoms with Crippen LogP contribution in [0.25, 0.3) is 0 Å². The zero-order valence-electron chi connectivity index (χ0n) is 12.9. The van der Waals surface area contributed by atoms with Crippen LogP contribution < -0.4 is 5.32 Å². The Morgan fingerprint density at radius 1 is 1.45 bits per heavy atom. The first-order valence-corrected chi connectivity index (χ1v) is 7.66.